The van der Waals surface area contributed by atoms with Crippen molar-refractivity contribution in [2.45, 2.75) is 0 Å². The minimum atomic E-state index is -0.905. The van der Waals surface area contributed by atoms with Gasteiger partial charge in [-0.15, -0.1) is 0 Å². The minimum Gasteiger partial charge on any atom is -0.468 e. The van der Waals surface area contributed by atoms with Gasteiger partial charge < -0.3 is 37.0 Å². The van der Waals surface area contributed by atoms with Crippen molar-refractivity contribution in [2.75, 3.05) is 0 Å². The lowest BCUT2D eigenvalue weighted by molar-refractivity contribution is 0.368. The molecule has 0 aromatic heterocycles. The third-order valence-electron chi connectivity index (χ3n) is 1.63. The highest BCUT2D eigenvalue weighted by Crippen LogP contribution is 1.77. The molecule has 0 N–H and O–H groups in total. The van der Waals surface area contributed by atoms with Crippen molar-refractivity contribution in [3.63, 3.8) is 0 Å². The van der Waals surface area contributed by atoms with E-state index in [0.717, 1.165) is 21.0 Å². The fourth-order valence-corrected chi connectivity index (χ4v) is 19.1. The molecule has 0 spiro atoms. The lowest BCUT2D eigenvalue weighted by Gasteiger charge is -2.08. The topological polar surface area (TPSA) is 83.1 Å². The van der Waals surface area contributed by atoms with Crippen molar-refractivity contribution < 1.29 is 37.0 Å². The van der Waals surface area contributed by atoms with E-state index >= 15 is 0 Å². The van der Waals surface area contributed by atoms with Crippen molar-refractivity contribution in [1.82, 2.24) is 0 Å². The van der Waals surface area contributed by atoms with Gasteiger partial charge in [-0.05, 0) is 0 Å². The zero-order valence-electron chi connectivity index (χ0n) is 12.0. The molecule has 0 radical (unpaired) electrons. The van der Waals surface area contributed by atoms with Crippen molar-refractivity contribution in [2.24, 2.45) is 0 Å². The van der Waals surface area contributed by atoms with Crippen molar-refractivity contribution >= 4 is 110 Å². The van der Waals surface area contributed by atoms with E-state index in [0.29, 0.717) is 0 Å². The Balaban J connectivity index is 2.89. The average Bonchev–Trinajstić information content (AvgIpc) is 2.47. The Kier molecular flexibility index (Phi) is 23.2. The quantitative estimate of drug-likeness (QED) is 0.150. The van der Waals surface area contributed by atoms with E-state index in [1.807, 2.05) is 0 Å². The first-order valence-corrected chi connectivity index (χ1v) is 20.8. The molecular weight excluding hydrogens is 453 g/mol. The molecule has 0 amide bonds. The summed E-state index contributed by atoms with van der Waals surface area (Å²) in [5.74, 6) is 0. The molecule has 0 aromatic rings. The second-order valence-electron chi connectivity index (χ2n) is 3.24. The molecule has 20 heteroatoms. The average molecular weight is 477 g/mol. The zero-order chi connectivity index (χ0) is 14.7. The van der Waals surface area contributed by atoms with Crippen LogP contribution in [-0.4, -0.2) is 110 Å². The highest BCUT2D eigenvalue weighted by Gasteiger charge is 1.95. The molecule has 0 aromatic carbocycles. The largest absolute Gasteiger partial charge is 0.468 e. The van der Waals surface area contributed by atoms with Crippen LogP contribution in [0.25, 0.3) is 0 Å². The molecule has 0 bridgehead atoms. The fourth-order valence-electron chi connectivity index (χ4n) is 0.842. The Morgan fingerprint density at radius 2 is 0.800 bits per heavy atom. The van der Waals surface area contributed by atoms with Crippen LogP contribution in [0.5, 0.6) is 0 Å². The summed E-state index contributed by atoms with van der Waals surface area (Å²) in [4.78, 5) is 0. The Hall–Kier alpha value is 2.03. The van der Waals surface area contributed by atoms with Gasteiger partial charge in [0, 0.05) is 0 Å². The van der Waals surface area contributed by atoms with E-state index in [9.17, 15) is 0 Å². The SMILES string of the molecule is [SiH3]O[SiH2]O[SiH2]O[SiH2]O[SiH2]O[SiH2]O[SiH2]O[SiH2]O[SiH2][SiH2]O[SiH3]. The summed E-state index contributed by atoms with van der Waals surface area (Å²) in [5.41, 5.74) is 0. The third-order valence-corrected chi connectivity index (χ3v) is 21.0. The smallest absolute Gasteiger partial charge is 0.286 e. The van der Waals surface area contributed by atoms with Crippen molar-refractivity contribution in [1.29, 1.82) is 0 Å². The maximum absolute atomic E-state index is 5.48. The van der Waals surface area contributed by atoms with Crippen LogP contribution in [0, 0.1) is 0 Å². The molecule has 0 saturated carbocycles. The first kappa shape index (κ1) is 22.0. The maximum Gasteiger partial charge on any atom is 0.286 e. The van der Waals surface area contributed by atoms with Gasteiger partial charge in [0.1, 0.15) is 21.0 Å². The molecule has 0 fully saturated rings. The van der Waals surface area contributed by atoms with Crippen LogP contribution in [-0.2, 0) is 37.0 Å². The summed E-state index contributed by atoms with van der Waals surface area (Å²) >= 11 is 0. The molecule has 0 rings (SSSR count). The van der Waals surface area contributed by atoms with Gasteiger partial charge in [-0.3, -0.25) is 0 Å². The number of hydrogen-bond acceptors (Lipinski definition) is 9. The van der Waals surface area contributed by atoms with E-state index in [4.69, 9.17) is 37.0 Å². The van der Waals surface area contributed by atoms with Gasteiger partial charge in [-0.25, -0.2) is 0 Å². The normalized spacial score (nSPS) is 16.8. The lowest BCUT2D eigenvalue weighted by Crippen LogP contribution is -2.21. The molecule has 20 heavy (non-hydrogen) atoms. The molecule has 0 atom stereocenters. The van der Waals surface area contributed by atoms with Crippen LogP contribution in [0.2, 0.25) is 0 Å². The molecule has 0 heterocycles. The molecule has 0 aliphatic rings. The fraction of sp³-hybridized carbons (Fsp3) is 0. The monoisotopic (exact) mass is 476 g/mol. The number of hydrogen-bond donors (Lipinski definition) is 0. The lowest BCUT2D eigenvalue weighted by atomic mass is 15.7. The molecule has 0 saturated heterocycles. The number of rotatable bonds is 17. The van der Waals surface area contributed by atoms with Gasteiger partial charge in [-0.1, -0.05) is 0 Å². The molecule has 122 valence electrons. The standard InChI is InChI=1S/H24O9Si11/c10-1-12-3-13-4-14-5-15-6-16-7-17-8-18-9-20-19-2-11/h12-20H2,10-11H3. The minimum absolute atomic E-state index is 0.278. The summed E-state index contributed by atoms with van der Waals surface area (Å²) < 4.78 is 47.8. The van der Waals surface area contributed by atoms with Gasteiger partial charge in [0.25, 0.3) is 70.0 Å². The third kappa shape index (κ3) is 20.0. The van der Waals surface area contributed by atoms with Gasteiger partial charge in [-0.2, -0.15) is 0 Å². The van der Waals surface area contributed by atoms with Crippen molar-refractivity contribution in [3.05, 3.63) is 0 Å². The first-order chi connectivity index (χ1) is 9.91. The highest BCUT2D eigenvalue weighted by molar-refractivity contribution is 6.96. The van der Waals surface area contributed by atoms with Crippen LogP contribution >= 0.6 is 0 Å². The van der Waals surface area contributed by atoms with E-state index in [-0.39, 0.29) is 18.6 Å². The van der Waals surface area contributed by atoms with E-state index < -0.39 is 70.0 Å². The van der Waals surface area contributed by atoms with Crippen LogP contribution in [0.15, 0.2) is 0 Å². The van der Waals surface area contributed by atoms with Gasteiger partial charge in [0.2, 0.25) is 0 Å². The summed E-state index contributed by atoms with van der Waals surface area (Å²) in [5, 5.41) is 0. The molecular formula is H24O9Si11. The molecule has 0 unspecified atom stereocenters. The van der Waals surface area contributed by atoms with Crippen LogP contribution in [0.1, 0.15) is 0 Å². The predicted octanol–water partition coefficient (Wildman–Crippen LogP) is -11.2. The Morgan fingerprint density at radius 3 is 1.20 bits per heavy atom. The predicted molar refractivity (Wildman–Crippen MR) is 107 cm³/mol. The van der Waals surface area contributed by atoms with Crippen LogP contribution in [0.3, 0.4) is 0 Å². The Labute approximate surface area is 146 Å². The molecule has 0 aliphatic carbocycles. The van der Waals surface area contributed by atoms with Gasteiger partial charge in [0.05, 0.1) is 0 Å². The second-order valence-corrected chi connectivity index (χ2v) is 24.2. The van der Waals surface area contributed by atoms with Crippen molar-refractivity contribution in [3.8, 4) is 0 Å². The van der Waals surface area contributed by atoms with Gasteiger partial charge in [0.15, 0.2) is 18.6 Å². The highest BCUT2D eigenvalue weighted by atomic mass is 29.2. The van der Waals surface area contributed by atoms with Gasteiger partial charge >= 0.3 is 0 Å². The van der Waals surface area contributed by atoms with Crippen LogP contribution in [0.4, 0.5) is 0 Å². The van der Waals surface area contributed by atoms with E-state index in [1.165, 1.54) is 0 Å². The van der Waals surface area contributed by atoms with E-state index in [2.05, 4.69) is 0 Å². The second kappa shape index (κ2) is 21.0. The Bertz CT molecular complexity index is 152. The first-order valence-electron chi connectivity index (χ1n) is 5.94. The summed E-state index contributed by atoms with van der Waals surface area (Å²) in [6, 6.07) is 0. The summed E-state index contributed by atoms with van der Waals surface area (Å²) in [6.45, 7) is 0. The molecule has 9 nitrogen and oxygen atoms in total. The van der Waals surface area contributed by atoms with E-state index in [1.54, 1.807) is 0 Å². The Morgan fingerprint density at radius 1 is 0.400 bits per heavy atom. The molecule has 0 aliphatic heterocycles. The van der Waals surface area contributed by atoms with Crippen LogP contribution < -0.4 is 0 Å². The summed E-state index contributed by atoms with van der Waals surface area (Å²) in [7, 11) is -4.92. The zero-order valence-corrected chi connectivity index (χ0v) is 28.8. The maximum atomic E-state index is 5.48. The summed E-state index contributed by atoms with van der Waals surface area (Å²) in [6.07, 6.45) is 0.